The molecule has 0 atom stereocenters. The minimum atomic E-state index is -0.539. The predicted molar refractivity (Wildman–Crippen MR) is 79.8 cm³/mol. The summed E-state index contributed by atoms with van der Waals surface area (Å²) >= 11 is 0. The van der Waals surface area contributed by atoms with E-state index in [2.05, 4.69) is 0 Å². The number of carbonyl (C=O) groups excluding carboxylic acids is 1. The molecule has 0 saturated carbocycles. The van der Waals surface area contributed by atoms with E-state index in [0.717, 1.165) is 12.8 Å². The van der Waals surface area contributed by atoms with Crippen LogP contribution in [0.2, 0.25) is 0 Å². The zero-order chi connectivity index (χ0) is 15.2. The molecule has 0 saturated heterocycles. The molecule has 0 amide bonds. The number of aromatic hydroxyl groups is 2. The standard InChI is InChI=1S/C17H18O4/c1-2-3-9-13-14(10-11-15(18)16(13)19)17(20)21-12-7-5-4-6-8-12/h4-8,10-11,18-19H,2-3,9H2,1H3. The van der Waals surface area contributed by atoms with Gasteiger partial charge >= 0.3 is 5.97 Å². The Kier molecular flexibility index (Phi) is 4.82. The van der Waals surface area contributed by atoms with E-state index in [1.165, 1.54) is 12.1 Å². The Labute approximate surface area is 123 Å². The number of hydrogen-bond acceptors (Lipinski definition) is 4. The molecular weight excluding hydrogens is 268 g/mol. The summed E-state index contributed by atoms with van der Waals surface area (Å²) in [6, 6.07) is 11.5. The molecule has 0 aromatic heterocycles. The van der Waals surface area contributed by atoms with Crippen molar-refractivity contribution in [2.45, 2.75) is 26.2 Å². The first-order chi connectivity index (χ1) is 10.1. The zero-order valence-electron chi connectivity index (χ0n) is 11.9. The monoisotopic (exact) mass is 286 g/mol. The summed E-state index contributed by atoms with van der Waals surface area (Å²) in [4.78, 5) is 12.2. The lowest BCUT2D eigenvalue weighted by atomic mass is 10.00. The number of ether oxygens (including phenoxy) is 1. The maximum Gasteiger partial charge on any atom is 0.343 e. The van der Waals surface area contributed by atoms with Crippen molar-refractivity contribution in [3.8, 4) is 17.2 Å². The van der Waals surface area contributed by atoms with Crippen molar-refractivity contribution in [3.63, 3.8) is 0 Å². The molecule has 4 heteroatoms. The number of rotatable bonds is 5. The van der Waals surface area contributed by atoms with Gasteiger partial charge in [-0.15, -0.1) is 0 Å². The second-order valence-corrected chi connectivity index (χ2v) is 4.77. The predicted octanol–water partition coefficient (Wildman–Crippen LogP) is 3.66. The average Bonchev–Trinajstić information content (AvgIpc) is 2.49. The topological polar surface area (TPSA) is 66.8 Å². The van der Waals surface area contributed by atoms with Gasteiger partial charge in [-0.1, -0.05) is 31.5 Å². The van der Waals surface area contributed by atoms with Crippen molar-refractivity contribution in [1.29, 1.82) is 0 Å². The zero-order valence-corrected chi connectivity index (χ0v) is 11.9. The number of carbonyl (C=O) groups is 1. The van der Waals surface area contributed by atoms with Gasteiger partial charge in [0.1, 0.15) is 5.75 Å². The van der Waals surface area contributed by atoms with Gasteiger partial charge in [-0.3, -0.25) is 0 Å². The minimum absolute atomic E-state index is 0.225. The molecule has 0 fully saturated rings. The number of unbranched alkanes of at least 4 members (excludes halogenated alkanes) is 1. The normalized spacial score (nSPS) is 10.3. The highest BCUT2D eigenvalue weighted by Crippen LogP contribution is 2.33. The molecule has 0 aliphatic heterocycles. The Morgan fingerprint density at radius 3 is 2.48 bits per heavy atom. The molecule has 0 unspecified atom stereocenters. The van der Waals surface area contributed by atoms with E-state index in [1.807, 2.05) is 13.0 Å². The molecule has 2 rings (SSSR count). The summed E-state index contributed by atoms with van der Waals surface area (Å²) in [6.07, 6.45) is 2.24. The lowest BCUT2D eigenvalue weighted by Gasteiger charge is -2.12. The van der Waals surface area contributed by atoms with Crippen LogP contribution in [0.5, 0.6) is 17.2 Å². The number of esters is 1. The van der Waals surface area contributed by atoms with Gasteiger partial charge in [-0.25, -0.2) is 4.79 Å². The Morgan fingerprint density at radius 1 is 1.10 bits per heavy atom. The molecule has 110 valence electrons. The van der Waals surface area contributed by atoms with Crippen LogP contribution in [0.25, 0.3) is 0 Å². The van der Waals surface area contributed by atoms with E-state index >= 15 is 0 Å². The molecule has 21 heavy (non-hydrogen) atoms. The molecular formula is C17H18O4. The lowest BCUT2D eigenvalue weighted by molar-refractivity contribution is 0.0733. The maximum absolute atomic E-state index is 12.2. The number of para-hydroxylation sites is 1. The smallest absolute Gasteiger partial charge is 0.343 e. The largest absolute Gasteiger partial charge is 0.504 e. The molecule has 0 radical (unpaired) electrons. The minimum Gasteiger partial charge on any atom is -0.504 e. The third-order valence-corrected chi connectivity index (χ3v) is 3.22. The summed E-state index contributed by atoms with van der Waals surface area (Å²) in [5.74, 6) is -0.567. The third-order valence-electron chi connectivity index (χ3n) is 3.22. The van der Waals surface area contributed by atoms with Gasteiger partial charge in [0, 0.05) is 5.56 Å². The molecule has 0 aliphatic carbocycles. The summed E-state index contributed by atoms with van der Waals surface area (Å²) in [5.41, 5.74) is 0.709. The van der Waals surface area contributed by atoms with E-state index in [1.54, 1.807) is 24.3 Å². The molecule has 2 aromatic carbocycles. The molecule has 2 N–H and O–H groups in total. The van der Waals surface area contributed by atoms with Crippen LogP contribution in [-0.2, 0) is 6.42 Å². The van der Waals surface area contributed by atoms with E-state index in [0.29, 0.717) is 17.7 Å². The van der Waals surface area contributed by atoms with Crippen molar-refractivity contribution in [3.05, 3.63) is 53.6 Å². The fraction of sp³-hybridized carbons (Fsp3) is 0.235. The van der Waals surface area contributed by atoms with Crippen molar-refractivity contribution in [2.75, 3.05) is 0 Å². The second-order valence-electron chi connectivity index (χ2n) is 4.77. The van der Waals surface area contributed by atoms with E-state index in [9.17, 15) is 15.0 Å². The molecule has 0 aliphatic rings. The fourth-order valence-electron chi connectivity index (χ4n) is 2.07. The van der Waals surface area contributed by atoms with Crippen LogP contribution >= 0.6 is 0 Å². The van der Waals surface area contributed by atoms with Crippen LogP contribution in [0.3, 0.4) is 0 Å². The maximum atomic E-state index is 12.2. The number of phenols is 2. The quantitative estimate of drug-likeness (QED) is 0.500. The van der Waals surface area contributed by atoms with Gasteiger partial charge in [0.2, 0.25) is 0 Å². The van der Waals surface area contributed by atoms with Gasteiger partial charge in [-0.05, 0) is 37.1 Å². The summed E-state index contributed by atoms with van der Waals surface area (Å²) in [5, 5.41) is 19.6. The number of phenolic OH excluding ortho intramolecular Hbond substituents is 2. The van der Waals surface area contributed by atoms with Crippen LogP contribution in [-0.4, -0.2) is 16.2 Å². The Balaban J connectivity index is 2.29. The summed E-state index contributed by atoms with van der Waals surface area (Å²) in [6.45, 7) is 2.02. The first-order valence-corrected chi connectivity index (χ1v) is 6.94. The van der Waals surface area contributed by atoms with Gasteiger partial charge in [-0.2, -0.15) is 0 Å². The van der Waals surface area contributed by atoms with Crippen molar-refractivity contribution >= 4 is 5.97 Å². The Bertz CT molecular complexity index is 620. The molecule has 4 nitrogen and oxygen atoms in total. The van der Waals surface area contributed by atoms with Crippen molar-refractivity contribution in [2.24, 2.45) is 0 Å². The highest BCUT2D eigenvalue weighted by atomic mass is 16.5. The molecule has 0 bridgehead atoms. The summed E-state index contributed by atoms with van der Waals surface area (Å²) < 4.78 is 5.28. The lowest BCUT2D eigenvalue weighted by Crippen LogP contribution is -2.11. The highest BCUT2D eigenvalue weighted by Gasteiger charge is 2.19. The van der Waals surface area contributed by atoms with E-state index in [4.69, 9.17) is 4.74 Å². The molecule has 0 spiro atoms. The Morgan fingerprint density at radius 2 is 1.81 bits per heavy atom. The first kappa shape index (κ1) is 14.9. The van der Waals surface area contributed by atoms with E-state index in [-0.39, 0.29) is 17.1 Å². The summed E-state index contributed by atoms with van der Waals surface area (Å²) in [7, 11) is 0. The van der Waals surface area contributed by atoms with Crippen LogP contribution in [0, 0.1) is 0 Å². The number of hydrogen-bond donors (Lipinski definition) is 2. The van der Waals surface area contributed by atoms with Crippen molar-refractivity contribution in [1.82, 2.24) is 0 Å². The second kappa shape index (κ2) is 6.79. The average molecular weight is 286 g/mol. The first-order valence-electron chi connectivity index (χ1n) is 6.94. The van der Waals surface area contributed by atoms with Crippen LogP contribution in [0.4, 0.5) is 0 Å². The SMILES string of the molecule is CCCCc1c(C(=O)Oc2ccccc2)ccc(O)c1O. The van der Waals surface area contributed by atoms with Crippen LogP contribution < -0.4 is 4.74 Å². The molecule has 0 heterocycles. The van der Waals surface area contributed by atoms with Gasteiger partial charge in [0.05, 0.1) is 5.56 Å². The Hall–Kier alpha value is -2.49. The fourth-order valence-corrected chi connectivity index (χ4v) is 2.07. The van der Waals surface area contributed by atoms with E-state index < -0.39 is 5.97 Å². The van der Waals surface area contributed by atoms with Gasteiger partial charge < -0.3 is 14.9 Å². The van der Waals surface area contributed by atoms with Crippen molar-refractivity contribution < 1.29 is 19.7 Å². The van der Waals surface area contributed by atoms with Crippen LogP contribution in [0.15, 0.2) is 42.5 Å². The van der Waals surface area contributed by atoms with Crippen LogP contribution in [0.1, 0.15) is 35.7 Å². The van der Waals surface area contributed by atoms with Gasteiger partial charge in [0.15, 0.2) is 11.5 Å². The number of benzene rings is 2. The van der Waals surface area contributed by atoms with Gasteiger partial charge in [0.25, 0.3) is 0 Å². The highest BCUT2D eigenvalue weighted by molar-refractivity contribution is 5.93. The molecule has 2 aromatic rings. The third kappa shape index (κ3) is 3.54.